The van der Waals surface area contributed by atoms with E-state index in [2.05, 4.69) is 17.8 Å². The van der Waals surface area contributed by atoms with E-state index in [1.807, 2.05) is 0 Å². The quantitative estimate of drug-likeness (QED) is 0.760. The lowest BCUT2D eigenvalue weighted by Crippen LogP contribution is -2.29. The third kappa shape index (κ3) is 9.60. The van der Waals surface area contributed by atoms with Gasteiger partial charge in [0.05, 0.1) is 0 Å². The second-order valence-corrected chi connectivity index (χ2v) is 7.31. The molecule has 1 aliphatic carbocycles. The lowest BCUT2D eigenvalue weighted by molar-refractivity contribution is -0.154. The maximum atomic E-state index is 10.1. The minimum absolute atomic E-state index is 0.0372. The van der Waals surface area contributed by atoms with E-state index in [1.54, 1.807) is 0 Å². The van der Waals surface area contributed by atoms with E-state index in [0.717, 1.165) is 64.6 Å². The average molecular weight is 379 g/mol. The van der Waals surface area contributed by atoms with Crippen LogP contribution in [0.2, 0.25) is 0 Å². The molecule has 0 radical (unpaired) electrons. The number of rotatable bonds is 4. The molecule has 0 aromatic carbocycles. The molecule has 2 saturated heterocycles. The van der Waals surface area contributed by atoms with Gasteiger partial charge in [0.15, 0.2) is 12.6 Å². The van der Waals surface area contributed by atoms with E-state index in [4.69, 9.17) is 25.4 Å². The summed E-state index contributed by atoms with van der Waals surface area (Å²) >= 11 is 0. The molecule has 5 heteroatoms. The number of ether oxygens (including phenoxy) is 4. The fraction of sp³-hybridized carbons (Fsp3) is 0.818. The normalized spacial score (nSPS) is 27.3. The summed E-state index contributed by atoms with van der Waals surface area (Å²) in [4.78, 5) is 0. The van der Waals surface area contributed by atoms with Gasteiger partial charge >= 0.3 is 0 Å². The summed E-state index contributed by atoms with van der Waals surface area (Å²) in [6.45, 7) is 2.34. The Morgan fingerprint density at radius 1 is 0.852 bits per heavy atom. The van der Waals surface area contributed by atoms with Crippen LogP contribution >= 0.6 is 0 Å². The van der Waals surface area contributed by atoms with Crippen LogP contribution in [0.25, 0.3) is 0 Å². The third-order valence-electron chi connectivity index (χ3n) is 4.97. The summed E-state index contributed by atoms with van der Waals surface area (Å²) in [5, 5.41) is 10.1. The first-order valence-electron chi connectivity index (χ1n) is 10.3. The highest BCUT2D eigenvalue weighted by Crippen LogP contribution is 2.27. The molecule has 1 saturated carbocycles. The molecule has 0 bridgehead atoms. The average Bonchev–Trinajstić information content (AvgIpc) is 2.72. The summed E-state index contributed by atoms with van der Waals surface area (Å²) < 4.78 is 21.4. The summed E-state index contributed by atoms with van der Waals surface area (Å²) in [6.07, 6.45) is 16.5. The molecule has 2 unspecified atom stereocenters. The van der Waals surface area contributed by atoms with Crippen molar-refractivity contribution in [2.45, 2.75) is 88.8 Å². The van der Waals surface area contributed by atoms with Gasteiger partial charge in [0.25, 0.3) is 0 Å². The maximum absolute atomic E-state index is 10.1. The summed E-state index contributed by atoms with van der Waals surface area (Å²) in [7, 11) is 0. The lowest BCUT2D eigenvalue weighted by Gasteiger charge is -2.26. The van der Waals surface area contributed by atoms with Crippen LogP contribution in [0, 0.1) is 24.2 Å². The van der Waals surface area contributed by atoms with Crippen LogP contribution in [-0.4, -0.2) is 49.7 Å². The Hall–Kier alpha value is -1.08. The Morgan fingerprint density at radius 3 is 1.96 bits per heavy atom. The van der Waals surface area contributed by atoms with Gasteiger partial charge in [0, 0.05) is 13.2 Å². The number of hydrogen-bond acceptors (Lipinski definition) is 5. The molecule has 0 aromatic heterocycles. The highest BCUT2D eigenvalue weighted by molar-refractivity contribution is 5.14. The molecule has 3 rings (SSSR count). The fourth-order valence-electron chi connectivity index (χ4n) is 3.42. The van der Waals surface area contributed by atoms with Crippen molar-refractivity contribution in [3.05, 3.63) is 0 Å². The van der Waals surface area contributed by atoms with Gasteiger partial charge in [-0.15, -0.1) is 6.42 Å². The standard InChI is InChI=1S/C14H22O3.C8H12O2/c15-14(8-3-1-4-9-14)10-6-12-17-13-7-2-5-11-16-13;1-2-6-9-8-5-3-4-7-10-8/h13,15H,1-5,7-9,11-12H2;1,8H,3-7H2. The van der Waals surface area contributed by atoms with Crippen LogP contribution in [0.15, 0.2) is 0 Å². The van der Waals surface area contributed by atoms with Crippen LogP contribution in [0.5, 0.6) is 0 Å². The Bertz CT molecular complexity index is 483. The van der Waals surface area contributed by atoms with Crippen LogP contribution < -0.4 is 0 Å². The van der Waals surface area contributed by atoms with Crippen molar-refractivity contribution >= 4 is 0 Å². The second-order valence-electron chi connectivity index (χ2n) is 7.31. The molecule has 2 atom stereocenters. The molecule has 2 heterocycles. The lowest BCUT2D eigenvalue weighted by atomic mass is 9.85. The van der Waals surface area contributed by atoms with Crippen molar-refractivity contribution < 1.29 is 24.1 Å². The van der Waals surface area contributed by atoms with Gasteiger partial charge in [0.2, 0.25) is 0 Å². The van der Waals surface area contributed by atoms with Gasteiger partial charge in [-0.2, -0.15) is 0 Å². The van der Waals surface area contributed by atoms with Gasteiger partial charge in [0.1, 0.15) is 18.8 Å². The first-order chi connectivity index (χ1) is 13.2. The van der Waals surface area contributed by atoms with Crippen molar-refractivity contribution in [2.24, 2.45) is 0 Å². The molecular formula is C22H34O5. The van der Waals surface area contributed by atoms with Crippen molar-refractivity contribution in [1.29, 1.82) is 0 Å². The molecule has 3 aliphatic rings. The van der Waals surface area contributed by atoms with Crippen molar-refractivity contribution in [2.75, 3.05) is 26.4 Å². The zero-order valence-electron chi connectivity index (χ0n) is 16.4. The van der Waals surface area contributed by atoms with E-state index in [1.165, 1.54) is 19.3 Å². The Morgan fingerprint density at radius 2 is 1.44 bits per heavy atom. The zero-order chi connectivity index (χ0) is 19.2. The Kier molecular flexibility index (Phi) is 10.8. The third-order valence-corrected chi connectivity index (χ3v) is 4.97. The van der Waals surface area contributed by atoms with E-state index >= 15 is 0 Å². The zero-order valence-corrected chi connectivity index (χ0v) is 16.4. The van der Waals surface area contributed by atoms with Gasteiger partial charge in [-0.05, 0) is 64.2 Å². The first-order valence-corrected chi connectivity index (χ1v) is 10.3. The summed E-state index contributed by atoms with van der Waals surface area (Å²) in [5.41, 5.74) is -0.755. The van der Waals surface area contributed by atoms with Crippen molar-refractivity contribution in [1.82, 2.24) is 0 Å². The summed E-state index contributed by atoms with van der Waals surface area (Å²) in [5.74, 6) is 8.32. The molecule has 27 heavy (non-hydrogen) atoms. The van der Waals surface area contributed by atoms with E-state index < -0.39 is 5.60 Å². The molecule has 5 nitrogen and oxygen atoms in total. The first kappa shape index (κ1) is 22.2. The SMILES string of the molecule is C#CCOC1CCCCO1.OC1(C#CCOC2CCCCO2)CCCCC1. The summed E-state index contributed by atoms with van der Waals surface area (Å²) in [6, 6.07) is 0. The predicted octanol–water partition coefficient (Wildman–Crippen LogP) is 3.39. The number of aliphatic hydroxyl groups is 1. The maximum Gasteiger partial charge on any atom is 0.158 e. The van der Waals surface area contributed by atoms with E-state index in [9.17, 15) is 5.11 Å². The van der Waals surface area contributed by atoms with Gasteiger partial charge in [-0.25, -0.2) is 0 Å². The second kappa shape index (κ2) is 13.2. The largest absolute Gasteiger partial charge is 0.378 e. The highest BCUT2D eigenvalue weighted by atomic mass is 16.7. The minimum atomic E-state index is -0.755. The van der Waals surface area contributed by atoms with Gasteiger partial charge in [-0.3, -0.25) is 0 Å². The minimum Gasteiger partial charge on any atom is -0.378 e. The molecule has 3 fully saturated rings. The molecule has 152 valence electrons. The Labute approximate surface area is 164 Å². The van der Waals surface area contributed by atoms with Crippen LogP contribution in [0.4, 0.5) is 0 Å². The molecular weight excluding hydrogens is 344 g/mol. The van der Waals surface area contributed by atoms with Gasteiger partial charge < -0.3 is 24.1 Å². The fourth-order valence-corrected chi connectivity index (χ4v) is 3.42. The van der Waals surface area contributed by atoms with Crippen molar-refractivity contribution in [3.63, 3.8) is 0 Å². The highest BCUT2D eigenvalue weighted by Gasteiger charge is 2.26. The topological polar surface area (TPSA) is 57.2 Å². The number of terminal acetylenes is 1. The van der Waals surface area contributed by atoms with Crippen LogP contribution in [0.3, 0.4) is 0 Å². The Balaban J connectivity index is 0.000000223. The molecule has 1 N–H and O–H groups in total. The van der Waals surface area contributed by atoms with Crippen LogP contribution in [0.1, 0.15) is 70.6 Å². The smallest absolute Gasteiger partial charge is 0.158 e. The monoisotopic (exact) mass is 378 g/mol. The predicted molar refractivity (Wildman–Crippen MR) is 104 cm³/mol. The molecule has 0 amide bonds. The molecule has 0 spiro atoms. The van der Waals surface area contributed by atoms with E-state index in [0.29, 0.717) is 13.2 Å². The van der Waals surface area contributed by atoms with Crippen LogP contribution in [-0.2, 0) is 18.9 Å². The molecule has 2 aliphatic heterocycles. The number of hydrogen-bond donors (Lipinski definition) is 1. The van der Waals surface area contributed by atoms with Crippen molar-refractivity contribution in [3.8, 4) is 24.2 Å². The van der Waals surface area contributed by atoms with E-state index in [-0.39, 0.29) is 12.6 Å². The van der Waals surface area contributed by atoms with Gasteiger partial charge in [-0.1, -0.05) is 24.2 Å². The molecule has 0 aromatic rings.